The molecule has 1 saturated heterocycles. The summed E-state index contributed by atoms with van der Waals surface area (Å²) in [7, 11) is 0. The number of ether oxygens (including phenoxy) is 1. The first-order chi connectivity index (χ1) is 5.19. The summed E-state index contributed by atoms with van der Waals surface area (Å²) in [5.41, 5.74) is -0.549. The Balaban J connectivity index is 2.56. The summed E-state index contributed by atoms with van der Waals surface area (Å²) < 4.78 is 5.07. The largest absolute Gasteiger partial charge is 0.381 e. The molecule has 0 spiro atoms. The van der Waals surface area contributed by atoms with E-state index in [4.69, 9.17) is 9.99 Å². The van der Waals surface area contributed by atoms with Crippen molar-refractivity contribution in [2.24, 2.45) is 5.41 Å². The fraction of sp³-hybridized carbons (Fsp3) is 0.857. The van der Waals surface area contributed by atoms with Crippen LogP contribution in [0.1, 0.15) is 19.8 Å². The summed E-state index contributed by atoms with van der Waals surface area (Å²) >= 11 is 0. The van der Waals surface area contributed by atoms with Gasteiger partial charge >= 0.3 is 5.97 Å². The standard InChI is InChI=1S/C7H12O4/c1-7(6(8)11-9)2-4-10-5-3-7/h9H,2-5H2,1H3. The first kappa shape index (κ1) is 8.49. The lowest BCUT2D eigenvalue weighted by Gasteiger charge is -2.29. The van der Waals surface area contributed by atoms with E-state index >= 15 is 0 Å². The molecule has 1 rings (SSSR count). The lowest BCUT2D eigenvalue weighted by molar-refractivity contribution is -0.248. The zero-order valence-corrected chi connectivity index (χ0v) is 6.50. The Morgan fingerprint density at radius 1 is 1.55 bits per heavy atom. The molecule has 0 aliphatic carbocycles. The van der Waals surface area contributed by atoms with E-state index in [9.17, 15) is 4.79 Å². The van der Waals surface area contributed by atoms with Crippen LogP contribution in [0.3, 0.4) is 0 Å². The Morgan fingerprint density at radius 2 is 2.09 bits per heavy atom. The quantitative estimate of drug-likeness (QED) is 0.455. The molecule has 0 bridgehead atoms. The molecule has 1 aliphatic rings. The molecule has 0 unspecified atom stereocenters. The Kier molecular flexibility index (Phi) is 2.46. The monoisotopic (exact) mass is 160 g/mol. The molecule has 0 aromatic heterocycles. The molecule has 4 nitrogen and oxygen atoms in total. The SMILES string of the molecule is CC1(C(=O)OO)CCOCC1. The van der Waals surface area contributed by atoms with E-state index in [0.717, 1.165) is 0 Å². The summed E-state index contributed by atoms with van der Waals surface area (Å²) in [5, 5.41) is 8.16. The highest BCUT2D eigenvalue weighted by Gasteiger charge is 2.37. The van der Waals surface area contributed by atoms with Gasteiger partial charge in [-0.15, -0.1) is 0 Å². The minimum Gasteiger partial charge on any atom is -0.381 e. The third-order valence-electron chi connectivity index (χ3n) is 2.17. The van der Waals surface area contributed by atoms with Gasteiger partial charge < -0.3 is 9.62 Å². The van der Waals surface area contributed by atoms with Gasteiger partial charge in [-0.2, -0.15) is 5.26 Å². The first-order valence-electron chi connectivity index (χ1n) is 3.63. The van der Waals surface area contributed by atoms with E-state index < -0.39 is 11.4 Å². The molecule has 0 aromatic rings. The number of hydrogen-bond donors (Lipinski definition) is 1. The average Bonchev–Trinajstić information content (AvgIpc) is 2.04. The molecule has 1 fully saturated rings. The van der Waals surface area contributed by atoms with Gasteiger partial charge in [0.2, 0.25) is 0 Å². The van der Waals surface area contributed by atoms with E-state index in [1.54, 1.807) is 6.92 Å². The summed E-state index contributed by atoms with van der Waals surface area (Å²) in [6.07, 6.45) is 1.23. The second kappa shape index (κ2) is 3.19. The van der Waals surface area contributed by atoms with Gasteiger partial charge in [0.25, 0.3) is 0 Å². The van der Waals surface area contributed by atoms with Gasteiger partial charge in [-0.25, -0.2) is 4.79 Å². The lowest BCUT2D eigenvalue weighted by atomic mass is 9.83. The molecule has 0 radical (unpaired) electrons. The van der Waals surface area contributed by atoms with E-state index in [2.05, 4.69) is 4.89 Å². The van der Waals surface area contributed by atoms with Crippen LogP contribution in [-0.4, -0.2) is 24.4 Å². The van der Waals surface area contributed by atoms with Gasteiger partial charge in [-0.3, -0.25) is 0 Å². The topological polar surface area (TPSA) is 55.8 Å². The van der Waals surface area contributed by atoms with E-state index in [0.29, 0.717) is 26.1 Å². The normalized spacial score (nSPS) is 22.7. The minimum atomic E-state index is -0.555. The Labute approximate surface area is 65.0 Å². The molecular formula is C7H12O4. The Hall–Kier alpha value is -0.610. The van der Waals surface area contributed by atoms with Crippen molar-refractivity contribution in [1.29, 1.82) is 0 Å². The highest BCUT2D eigenvalue weighted by molar-refractivity contribution is 5.75. The van der Waals surface area contributed by atoms with Crippen molar-refractivity contribution in [1.82, 2.24) is 0 Å². The van der Waals surface area contributed by atoms with Crippen LogP contribution in [0, 0.1) is 5.41 Å². The predicted octanol–water partition coefficient (Wildman–Crippen LogP) is 0.819. The number of carbonyl (C=O) groups excluding carboxylic acids is 1. The second-order valence-corrected chi connectivity index (χ2v) is 3.05. The number of carbonyl (C=O) groups is 1. The van der Waals surface area contributed by atoms with Crippen LogP contribution in [0.25, 0.3) is 0 Å². The molecule has 0 amide bonds. The van der Waals surface area contributed by atoms with Crippen LogP contribution >= 0.6 is 0 Å². The molecule has 4 heteroatoms. The third kappa shape index (κ3) is 1.70. The Morgan fingerprint density at radius 3 is 2.55 bits per heavy atom. The predicted molar refractivity (Wildman–Crippen MR) is 36.9 cm³/mol. The van der Waals surface area contributed by atoms with Gasteiger partial charge in [-0.1, -0.05) is 0 Å². The molecular weight excluding hydrogens is 148 g/mol. The zero-order chi connectivity index (χ0) is 8.32. The second-order valence-electron chi connectivity index (χ2n) is 3.05. The molecule has 11 heavy (non-hydrogen) atoms. The van der Waals surface area contributed by atoms with Crippen molar-refractivity contribution in [2.75, 3.05) is 13.2 Å². The highest BCUT2D eigenvalue weighted by Crippen LogP contribution is 2.30. The first-order valence-corrected chi connectivity index (χ1v) is 3.63. The molecule has 1 N–H and O–H groups in total. The van der Waals surface area contributed by atoms with Crippen molar-refractivity contribution in [3.63, 3.8) is 0 Å². The van der Waals surface area contributed by atoms with Gasteiger partial charge in [-0.05, 0) is 19.8 Å². The number of rotatable bonds is 1. The van der Waals surface area contributed by atoms with Crippen molar-refractivity contribution in [2.45, 2.75) is 19.8 Å². The van der Waals surface area contributed by atoms with Crippen LogP contribution in [0.15, 0.2) is 0 Å². The smallest absolute Gasteiger partial charge is 0.348 e. The van der Waals surface area contributed by atoms with E-state index in [-0.39, 0.29) is 0 Å². The van der Waals surface area contributed by atoms with Crippen LogP contribution < -0.4 is 0 Å². The fourth-order valence-electron chi connectivity index (χ4n) is 1.14. The number of hydrogen-bond acceptors (Lipinski definition) is 4. The molecule has 0 saturated carbocycles. The van der Waals surface area contributed by atoms with Gasteiger partial charge in [0.15, 0.2) is 0 Å². The fourth-order valence-corrected chi connectivity index (χ4v) is 1.14. The third-order valence-corrected chi connectivity index (χ3v) is 2.17. The molecule has 1 heterocycles. The van der Waals surface area contributed by atoms with Gasteiger partial charge in [0.05, 0.1) is 5.41 Å². The minimum absolute atomic E-state index is 0.549. The van der Waals surface area contributed by atoms with Crippen molar-refractivity contribution < 1.29 is 19.7 Å². The van der Waals surface area contributed by atoms with Crippen LogP contribution in [0.4, 0.5) is 0 Å². The molecule has 1 aliphatic heterocycles. The molecule has 64 valence electrons. The summed E-state index contributed by atoms with van der Waals surface area (Å²) in [4.78, 5) is 14.7. The highest BCUT2D eigenvalue weighted by atomic mass is 17.1. The van der Waals surface area contributed by atoms with Crippen LogP contribution in [-0.2, 0) is 14.4 Å². The van der Waals surface area contributed by atoms with Gasteiger partial charge in [0.1, 0.15) is 0 Å². The van der Waals surface area contributed by atoms with Crippen LogP contribution in [0.2, 0.25) is 0 Å². The maximum absolute atomic E-state index is 11.0. The van der Waals surface area contributed by atoms with Gasteiger partial charge in [0, 0.05) is 13.2 Å². The van der Waals surface area contributed by atoms with E-state index in [1.165, 1.54) is 0 Å². The summed E-state index contributed by atoms with van der Waals surface area (Å²) in [5.74, 6) is -0.555. The average molecular weight is 160 g/mol. The summed E-state index contributed by atoms with van der Waals surface area (Å²) in [6.45, 7) is 2.89. The Bertz CT molecular complexity index is 149. The zero-order valence-electron chi connectivity index (χ0n) is 6.50. The van der Waals surface area contributed by atoms with E-state index in [1.807, 2.05) is 0 Å². The lowest BCUT2D eigenvalue weighted by Crippen LogP contribution is -2.35. The maximum atomic E-state index is 11.0. The van der Waals surface area contributed by atoms with Crippen molar-refractivity contribution >= 4 is 5.97 Å². The van der Waals surface area contributed by atoms with Crippen molar-refractivity contribution in [3.8, 4) is 0 Å². The molecule has 0 atom stereocenters. The molecule has 0 aromatic carbocycles. The maximum Gasteiger partial charge on any atom is 0.348 e. The van der Waals surface area contributed by atoms with Crippen LogP contribution in [0.5, 0.6) is 0 Å². The summed E-state index contributed by atoms with van der Waals surface area (Å²) in [6, 6.07) is 0. The van der Waals surface area contributed by atoms with Crippen molar-refractivity contribution in [3.05, 3.63) is 0 Å².